The molecule has 0 spiro atoms. The highest BCUT2D eigenvalue weighted by Crippen LogP contribution is 2.33. The van der Waals surface area contributed by atoms with Crippen LogP contribution in [0.15, 0.2) is 41.5 Å². The van der Waals surface area contributed by atoms with Gasteiger partial charge in [-0.3, -0.25) is 9.36 Å². The van der Waals surface area contributed by atoms with Gasteiger partial charge in [-0.2, -0.15) is 0 Å². The second-order valence-corrected chi connectivity index (χ2v) is 7.86. The minimum Gasteiger partial charge on any atom is -0.395 e. The van der Waals surface area contributed by atoms with Crippen LogP contribution in [0.2, 0.25) is 0 Å². The lowest BCUT2D eigenvalue weighted by molar-refractivity contribution is 0.274. The van der Waals surface area contributed by atoms with Crippen molar-refractivity contribution in [2.45, 2.75) is 38.3 Å². The largest absolute Gasteiger partial charge is 0.395 e. The topological polar surface area (TPSA) is 67.2 Å². The first-order chi connectivity index (χ1) is 12.8. The van der Waals surface area contributed by atoms with Crippen molar-refractivity contribution in [2.24, 2.45) is 0 Å². The van der Waals surface area contributed by atoms with Crippen molar-refractivity contribution in [3.05, 3.63) is 63.0 Å². The van der Waals surface area contributed by atoms with Gasteiger partial charge in [0.15, 0.2) is 0 Å². The third kappa shape index (κ3) is 3.45. The van der Waals surface area contributed by atoms with E-state index in [1.54, 1.807) is 17.7 Å². The summed E-state index contributed by atoms with van der Waals surface area (Å²) in [7, 11) is 0. The zero-order chi connectivity index (χ0) is 17.9. The molecular weight excluding hydrogens is 346 g/mol. The van der Waals surface area contributed by atoms with Gasteiger partial charge in [-0.15, -0.1) is 11.3 Å². The molecule has 6 heteroatoms. The molecule has 0 saturated carbocycles. The van der Waals surface area contributed by atoms with Gasteiger partial charge in [0.2, 0.25) is 0 Å². The van der Waals surface area contributed by atoms with Gasteiger partial charge in [0.05, 0.1) is 24.9 Å². The van der Waals surface area contributed by atoms with E-state index in [4.69, 9.17) is 5.11 Å². The molecule has 1 aromatic carbocycles. The highest BCUT2D eigenvalue weighted by atomic mass is 32.1. The summed E-state index contributed by atoms with van der Waals surface area (Å²) in [5, 5.41) is 13.6. The van der Waals surface area contributed by atoms with Crippen LogP contribution in [0.4, 0.5) is 0 Å². The van der Waals surface area contributed by atoms with Crippen LogP contribution in [-0.4, -0.2) is 33.9 Å². The number of fused-ring (bicyclic) bond motifs is 3. The Morgan fingerprint density at radius 1 is 1.31 bits per heavy atom. The number of benzene rings is 1. The van der Waals surface area contributed by atoms with E-state index < -0.39 is 0 Å². The Kier molecular flexibility index (Phi) is 5.15. The van der Waals surface area contributed by atoms with Crippen LogP contribution in [-0.2, 0) is 25.8 Å². The Bertz CT molecular complexity index is 949. The van der Waals surface area contributed by atoms with Gasteiger partial charge >= 0.3 is 0 Å². The van der Waals surface area contributed by atoms with Crippen molar-refractivity contribution < 1.29 is 5.11 Å². The Balaban J connectivity index is 1.47. The highest BCUT2D eigenvalue weighted by Gasteiger charge is 2.24. The number of hydrogen-bond acceptors (Lipinski definition) is 5. The average Bonchev–Trinajstić information content (AvgIpc) is 3.03. The molecule has 1 atom stereocenters. The van der Waals surface area contributed by atoms with Crippen LogP contribution in [0.25, 0.3) is 10.2 Å². The minimum atomic E-state index is -0.0488. The molecule has 1 unspecified atom stereocenters. The third-order valence-electron chi connectivity index (χ3n) is 5.07. The number of aryl methyl sites for hydroxylation is 1. The summed E-state index contributed by atoms with van der Waals surface area (Å²) in [5.74, 6) is 0. The molecule has 136 valence electrons. The number of hydrogen-bond donors (Lipinski definition) is 2. The number of aliphatic hydroxyl groups is 1. The van der Waals surface area contributed by atoms with Crippen molar-refractivity contribution in [1.82, 2.24) is 14.9 Å². The van der Waals surface area contributed by atoms with E-state index in [0.717, 1.165) is 42.4 Å². The van der Waals surface area contributed by atoms with Crippen molar-refractivity contribution in [3.63, 3.8) is 0 Å². The van der Waals surface area contributed by atoms with Gasteiger partial charge < -0.3 is 10.4 Å². The van der Waals surface area contributed by atoms with Crippen LogP contribution >= 0.6 is 11.3 Å². The first-order valence-corrected chi connectivity index (χ1v) is 9.96. The van der Waals surface area contributed by atoms with Crippen LogP contribution in [0, 0.1) is 0 Å². The average molecular weight is 369 g/mol. The second-order valence-electron chi connectivity index (χ2n) is 6.78. The van der Waals surface area contributed by atoms with Gasteiger partial charge in [-0.1, -0.05) is 30.3 Å². The Labute approximate surface area is 156 Å². The number of nitrogens with zero attached hydrogens (tertiary/aromatic N) is 2. The molecule has 0 radical (unpaired) electrons. The second kappa shape index (κ2) is 7.70. The predicted molar refractivity (Wildman–Crippen MR) is 105 cm³/mol. The molecule has 2 aromatic heterocycles. The summed E-state index contributed by atoms with van der Waals surface area (Å²) in [6.45, 7) is 1.22. The minimum absolute atomic E-state index is 0.0166. The normalized spacial score (nSPS) is 16.7. The predicted octanol–water partition coefficient (Wildman–Crippen LogP) is 2.14. The van der Waals surface area contributed by atoms with Gasteiger partial charge in [-0.05, 0) is 43.4 Å². The number of nitrogens with one attached hydrogen (secondary N) is 1. The number of aromatic nitrogens is 2. The molecule has 26 heavy (non-hydrogen) atoms. The Morgan fingerprint density at radius 3 is 2.96 bits per heavy atom. The molecule has 0 amide bonds. The van der Waals surface area contributed by atoms with Crippen molar-refractivity contribution in [3.8, 4) is 0 Å². The van der Waals surface area contributed by atoms with Crippen molar-refractivity contribution in [1.29, 1.82) is 0 Å². The number of aliphatic hydroxyl groups excluding tert-OH is 1. The van der Waals surface area contributed by atoms with Gasteiger partial charge in [-0.25, -0.2) is 4.98 Å². The molecular formula is C20H23N3O2S. The van der Waals surface area contributed by atoms with E-state index in [2.05, 4.69) is 34.6 Å². The molecule has 0 saturated heterocycles. The lowest BCUT2D eigenvalue weighted by Gasteiger charge is -2.23. The van der Waals surface area contributed by atoms with Crippen LogP contribution in [0.3, 0.4) is 0 Å². The first kappa shape index (κ1) is 17.4. The van der Waals surface area contributed by atoms with E-state index in [1.165, 1.54) is 20.6 Å². The van der Waals surface area contributed by atoms with Crippen LogP contribution in [0.5, 0.6) is 0 Å². The smallest absolute Gasteiger partial charge is 0.262 e. The fraction of sp³-hybridized carbons (Fsp3) is 0.400. The Morgan fingerprint density at radius 2 is 2.15 bits per heavy atom. The first-order valence-electron chi connectivity index (χ1n) is 9.14. The van der Waals surface area contributed by atoms with Crippen molar-refractivity contribution in [2.75, 3.05) is 13.2 Å². The van der Waals surface area contributed by atoms with Crippen LogP contribution in [0.1, 0.15) is 22.4 Å². The van der Waals surface area contributed by atoms with E-state index >= 15 is 0 Å². The standard InChI is InChI=1S/C20H23N3O2S/c24-11-10-23-13-22-19-18(20(23)25)16-7-6-15(12-17(16)26-19)21-9-8-14-4-2-1-3-5-14/h1-5,13,15,21,24H,6-12H2. The van der Waals surface area contributed by atoms with Crippen LogP contribution < -0.4 is 10.9 Å². The molecule has 1 aliphatic carbocycles. The van der Waals surface area contributed by atoms with E-state index in [0.29, 0.717) is 12.6 Å². The van der Waals surface area contributed by atoms with Gasteiger partial charge in [0.1, 0.15) is 4.83 Å². The van der Waals surface area contributed by atoms with E-state index in [1.807, 2.05) is 6.07 Å². The lowest BCUT2D eigenvalue weighted by Crippen LogP contribution is -2.35. The molecule has 3 aromatic rings. The fourth-order valence-corrected chi connectivity index (χ4v) is 4.97. The molecule has 1 aliphatic rings. The molecule has 0 bridgehead atoms. The number of thiophene rings is 1. The summed E-state index contributed by atoms with van der Waals surface area (Å²) >= 11 is 1.65. The SMILES string of the molecule is O=c1c2c3c(sc2ncn1CCO)CC(NCCc1ccccc1)CC3. The van der Waals surface area contributed by atoms with Crippen molar-refractivity contribution >= 4 is 21.6 Å². The lowest BCUT2D eigenvalue weighted by atomic mass is 9.93. The summed E-state index contributed by atoms with van der Waals surface area (Å²) in [5.41, 5.74) is 2.51. The molecule has 2 heterocycles. The summed E-state index contributed by atoms with van der Waals surface area (Å²) in [6, 6.07) is 11.0. The maximum atomic E-state index is 12.7. The molecule has 0 fully saturated rings. The number of rotatable bonds is 6. The Hall–Kier alpha value is -2.02. The van der Waals surface area contributed by atoms with Gasteiger partial charge in [0, 0.05) is 10.9 Å². The fourth-order valence-electron chi connectivity index (χ4n) is 3.71. The zero-order valence-electron chi connectivity index (χ0n) is 14.6. The molecule has 4 rings (SSSR count). The monoisotopic (exact) mass is 369 g/mol. The maximum Gasteiger partial charge on any atom is 0.262 e. The third-order valence-corrected chi connectivity index (χ3v) is 6.23. The van der Waals surface area contributed by atoms with Gasteiger partial charge in [0.25, 0.3) is 5.56 Å². The summed E-state index contributed by atoms with van der Waals surface area (Å²) in [4.78, 5) is 19.2. The maximum absolute atomic E-state index is 12.7. The van der Waals surface area contributed by atoms with E-state index in [9.17, 15) is 4.79 Å². The zero-order valence-corrected chi connectivity index (χ0v) is 15.5. The quantitative estimate of drug-likeness (QED) is 0.699. The summed E-state index contributed by atoms with van der Waals surface area (Å²) in [6.07, 6.45) is 5.51. The molecule has 2 N–H and O–H groups in total. The molecule has 0 aliphatic heterocycles. The highest BCUT2D eigenvalue weighted by molar-refractivity contribution is 7.18. The molecule has 5 nitrogen and oxygen atoms in total. The summed E-state index contributed by atoms with van der Waals surface area (Å²) < 4.78 is 1.51. The van der Waals surface area contributed by atoms with E-state index in [-0.39, 0.29) is 12.2 Å².